The second kappa shape index (κ2) is 12.3. The van der Waals surface area contributed by atoms with E-state index in [-0.39, 0.29) is 36.0 Å². The highest BCUT2D eigenvalue weighted by Gasteiger charge is 2.42. The van der Waals surface area contributed by atoms with Crippen molar-refractivity contribution in [2.75, 3.05) is 19.6 Å². The van der Waals surface area contributed by atoms with Crippen LogP contribution in [0.4, 0.5) is 0 Å². The Hall–Kier alpha value is -2.90. The summed E-state index contributed by atoms with van der Waals surface area (Å²) >= 11 is 0. The van der Waals surface area contributed by atoms with E-state index in [1.807, 2.05) is 56.0 Å². The lowest BCUT2D eigenvalue weighted by molar-refractivity contribution is -0.134. The molecule has 1 aromatic carbocycles. The molecule has 3 fully saturated rings. The standard InChI is InChI=1S/C33H45N3O4/c1-33(2,3)34-31(38)30-18-25-11-7-8-12-26(25)19-35(30)20-29(37)21-36-28(16-23-9-5-4-6-10-23)17-27(32(36)39)15-24-13-14-40-22-24/h4-6,9-10,13-15,22,25-26,28-30,37H,7-8,11-12,16-21H2,1-3H3,(H,34,38)/b27-15+/t25-,26+,28-,29?,30?/m0/s1. The van der Waals surface area contributed by atoms with Gasteiger partial charge in [-0.1, -0.05) is 49.6 Å². The van der Waals surface area contributed by atoms with Crippen LogP contribution < -0.4 is 5.32 Å². The Balaban J connectivity index is 1.32. The second-order valence-corrected chi connectivity index (χ2v) is 13.1. The number of nitrogens with zero attached hydrogens (tertiary/aromatic N) is 2. The molecule has 7 nitrogen and oxygen atoms in total. The smallest absolute Gasteiger partial charge is 0.250 e. The average Bonchev–Trinajstić information content (AvgIpc) is 3.52. The number of hydrogen-bond donors (Lipinski definition) is 2. The molecule has 1 aromatic heterocycles. The van der Waals surface area contributed by atoms with Gasteiger partial charge >= 0.3 is 0 Å². The van der Waals surface area contributed by atoms with Crippen LogP contribution in [0.3, 0.4) is 0 Å². The van der Waals surface area contributed by atoms with Gasteiger partial charge in [-0.3, -0.25) is 14.5 Å². The Morgan fingerprint density at radius 1 is 1.12 bits per heavy atom. The molecule has 2 aliphatic heterocycles. The van der Waals surface area contributed by atoms with Gasteiger partial charge in [-0.25, -0.2) is 0 Å². The number of furan rings is 1. The van der Waals surface area contributed by atoms with Crippen LogP contribution in [0.25, 0.3) is 6.08 Å². The fourth-order valence-corrected chi connectivity index (χ4v) is 6.96. The molecule has 2 unspecified atom stereocenters. The Bertz CT molecular complexity index is 1170. The van der Waals surface area contributed by atoms with Crippen LogP contribution in [-0.2, 0) is 16.0 Å². The first-order valence-electron chi connectivity index (χ1n) is 15.0. The molecule has 3 aliphatic rings. The number of rotatable bonds is 8. The molecule has 0 bridgehead atoms. The zero-order valence-corrected chi connectivity index (χ0v) is 24.2. The SMILES string of the molecule is CC(C)(C)NC(=O)C1C[C@@H]2CCCC[C@@H]2CN1CC(O)CN1C(=O)/C(=C/c2ccoc2)C[C@@H]1Cc1ccccc1. The van der Waals surface area contributed by atoms with Crippen LogP contribution in [0.15, 0.2) is 58.9 Å². The van der Waals surface area contributed by atoms with Gasteiger partial charge in [0.2, 0.25) is 11.8 Å². The topological polar surface area (TPSA) is 86.0 Å². The molecule has 0 radical (unpaired) electrons. The molecule has 2 saturated heterocycles. The fraction of sp³-hybridized carbons (Fsp3) is 0.576. The van der Waals surface area contributed by atoms with Crippen molar-refractivity contribution < 1.29 is 19.1 Å². The number of hydrogen-bond acceptors (Lipinski definition) is 5. The van der Waals surface area contributed by atoms with Gasteiger partial charge in [0, 0.05) is 42.4 Å². The highest BCUT2D eigenvalue weighted by molar-refractivity contribution is 6.00. The number of nitrogens with one attached hydrogen (secondary N) is 1. The summed E-state index contributed by atoms with van der Waals surface area (Å²) in [5, 5.41) is 14.6. The third kappa shape index (κ3) is 7.05. The van der Waals surface area contributed by atoms with Crippen molar-refractivity contribution in [2.45, 2.75) is 89.4 Å². The summed E-state index contributed by atoms with van der Waals surface area (Å²) in [6.45, 7) is 7.49. The molecule has 2 amide bonds. The Labute approximate surface area is 238 Å². The summed E-state index contributed by atoms with van der Waals surface area (Å²) in [6.07, 6.45) is 11.5. The van der Waals surface area contributed by atoms with Crippen LogP contribution in [0.5, 0.6) is 0 Å². The molecule has 40 heavy (non-hydrogen) atoms. The number of β-amino-alcohol motifs (C(OH)–C–C–N with tert-alkyl or cyclic N) is 1. The van der Waals surface area contributed by atoms with Crippen LogP contribution in [0.1, 0.15) is 70.4 Å². The van der Waals surface area contributed by atoms with Gasteiger partial charge in [0.1, 0.15) is 0 Å². The predicted molar refractivity (Wildman–Crippen MR) is 156 cm³/mol. The van der Waals surface area contributed by atoms with Crippen molar-refractivity contribution in [3.8, 4) is 0 Å². The van der Waals surface area contributed by atoms with E-state index in [2.05, 4.69) is 22.3 Å². The minimum absolute atomic E-state index is 0.0332. The van der Waals surface area contributed by atoms with E-state index in [9.17, 15) is 14.7 Å². The van der Waals surface area contributed by atoms with Crippen molar-refractivity contribution in [2.24, 2.45) is 11.8 Å². The first-order chi connectivity index (χ1) is 19.2. The van der Waals surface area contributed by atoms with Crippen molar-refractivity contribution >= 4 is 17.9 Å². The molecular weight excluding hydrogens is 502 g/mol. The number of carbonyl (C=O) groups is 2. The van der Waals surface area contributed by atoms with Gasteiger partial charge in [-0.2, -0.15) is 0 Å². The van der Waals surface area contributed by atoms with Crippen molar-refractivity contribution in [1.82, 2.24) is 15.1 Å². The number of amides is 2. The van der Waals surface area contributed by atoms with Crippen molar-refractivity contribution in [3.63, 3.8) is 0 Å². The normalized spacial score (nSPS) is 27.6. The lowest BCUT2D eigenvalue weighted by Gasteiger charge is -2.46. The number of carbonyl (C=O) groups excluding carboxylic acids is 2. The monoisotopic (exact) mass is 547 g/mol. The van der Waals surface area contributed by atoms with Gasteiger partial charge in [0.05, 0.1) is 24.7 Å². The van der Waals surface area contributed by atoms with Gasteiger partial charge in [-0.15, -0.1) is 0 Å². The van der Waals surface area contributed by atoms with E-state index < -0.39 is 6.10 Å². The zero-order valence-electron chi connectivity index (χ0n) is 24.2. The van der Waals surface area contributed by atoms with E-state index in [1.54, 1.807) is 12.5 Å². The lowest BCUT2D eigenvalue weighted by Crippen LogP contribution is -2.59. The highest BCUT2D eigenvalue weighted by atomic mass is 16.3. The Morgan fingerprint density at radius 3 is 2.58 bits per heavy atom. The quantitative estimate of drug-likeness (QED) is 0.470. The molecule has 5 atom stereocenters. The maximum Gasteiger partial charge on any atom is 0.250 e. The molecule has 2 N–H and O–H groups in total. The van der Waals surface area contributed by atoms with Crippen LogP contribution in [0, 0.1) is 11.8 Å². The molecular formula is C33H45N3O4. The largest absolute Gasteiger partial charge is 0.472 e. The van der Waals surface area contributed by atoms with Crippen molar-refractivity contribution in [3.05, 3.63) is 65.6 Å². The molecule has 3 heterocycles. The van der Waals surface area contributed by atoms with E-state index in [0.29, 0.717) is 24.8 Å². The molecule has 1 aliphatic carbocycles. The Kier molecular flexibility index (Phi) is 8.81. The summed E-state index contributed by atoms with van der Waals surface area (Å²) in [5.74, 6) is 1.16. The maximum absolute atomic E-state index is 13.6. The molecule has 1 saturated carbocycles. The number of fused-ring (bicyclic) bond motifs is 1. The third-order valence-corrected chi connectivity index (χ3v) is 8.79. The number of aliphatic hydroxyl groups is 1. The molecule has 0 spiro atoms. The summed E-state index contributed by atoms with van der Waals surface area (Å²) < 4.78 is 5.21. The maximum atomic E-state index is 13.6. The minimum atomic E-state index is -0.749. The summed E-state index contributed by atoms with van der Waals surface area (Å²) in [4.78, 5) is 31.1. The lowest BCUT2D eigenvalue weighted by atomic mass is 9.72. The third-order valence-electron chi connectivity index (χ3n) is 8.79. The molecule has 7 heteroatoms. The van der Waals surface area contributed by atoms with Gasteiger partial charge in [0.15, 0.2) is 0 Å². The average molecular weight is 548 g/mol. The fourth-order valence-electron chi connectivity index (χ4n) is 6.96. The Morgan fingerprint density at radius 2 is 1.88 bits per heavy atom. The van der Waals surface area contributed by atoms with Crippen LogP contribution in [-0.4, -0.2) is 70.1 Å². The van der Waals surface area contributed by atoms with E-state index in [4.69, 9.17) is 4.42 Å². The summed E-state index contributed by atoms with van der Waals surface area (Å²) in [6, 6.07) is 11.8. The second-order valence-electron chi connectivity index (χ2n) is 13.1. The predicted octanol–water partition coefficient (Wildman–Crippen LogP) is 4.66. The number of aliphatic hydroxyl groups excluding tert-OH is 1. The first-order valence-corrected chi connectivity index (χ1v) is 15.0. The zero-order chi connectivity index (χ0) is 28.3. The minimum Gasteiger partial charge on any atom is -0.472 e. The molecule has 5 rings (SSSR count). The summed E-state index contributed by atoms with van der Waals surface area (Å²) in [7, 11) is 0. The van der Waals surface area contributed by atoms with Crippen LogP contribution in [0.2, 0.25) is 0 Å². The number of benzene rings is 1. The number of piperidine rings is 1. The van der Waals surface area contributed by atoms with Crippen molar-refractivity contribution in [1.29, 1.82) is 0 Å². The van der Waals surface area contributed by atoms with E-state index in [0.717, 1.165) is 30.5 Å². The molecule has 216 valence electrons. The van der Waals surface area contributed by atoms with Gasteiger partial charge < -0.3 is 19.7 Å². The highest BCUT2D eigenvalue weighted by Crippen LogP contribution is 2.39. The van der Waals surface area contributed by atoms with Crippen LogP contribution >= 0.6 is 0 Å². The van der Waals surface area contributed by atoms with Gasteiger partial charge in [0.25, 0.3) is 0 Å². The van der Waals surface area contributed by atoms with Gasteiger partial charge in [-0.05, 0) is 76.0 Å². The number of likely N-dealkylation sites (tertiary alicyclic amines) is 2. The van der Waals surface area contributed by atoms with E-state index >= 15 is 0 Å². The first kappa shape index (κ1) is 28.6. The molecule has 2 aromatic rings. The van der Waals surface area contributed by atoms with E-state index in [1.165, 1.54) is 31.2 Å². The summed E-state index contributed by atoms with van der Waals surface area (Å²) in [5.41, 5.74) is 2.46.